The van der Waals surface area contributed by atoms with E-state index in [-0.39, 0.29) is 6.61 Å². The van der Waals surface area contributed by atoms with Gasteiger partial charge >= 0.3 is 55.5 Å². The maximum atomic E-state index is 9.80. The van der Waals surface area contributed by atoms with Gasteiger partial charge < -0.3 is 0 Å². The summed E-state index contributed by atoms with van der Waals surface area (Å²) in [6, 6.07) is 0. The van der Waals surface area contributed by atoms with Crippen molar-refractivity contribution in [2.24, 2.45) is 0 Å². The van der Waals surface area contributed by atoms with Crippen molar-refractivity contribution in [1.29, 1.82) is 0 Å². The van der Waals surface area contributed by atoms with Crippen molar-refractivity contribution in [3.63, 3.8) is 0 Å². The molecule has 5 heteroatoms. The van der Waals surface area contributed by atoms with E-state index in [1.165, 1.54) is 0 Å². The second kappa shape index (κ2) is 3.96. The molecule has 9 heavy (non-hydrogen) atoms. The van der Waals surface area contributed by atoms with Gasteiger partial charge in [-0.3, -0.25) is 0 Å². The molecule has 0 aliphatic heterocycles. The Morgan fingerprint density at radius 3 is 2.44 bits per heavy atom. The van der Waals surface area contributed by atoms with Gasteiger partial charge in [0.05, 0.1) is 0 Å². The van der Waals surface area contributed by atoms with Gasteiger partial charge in [0.25, 0.3) is 0 Å². The Labute approximate surface area is 56.2 Å². The molecule has 0 saturated carbocycles. The van der Waals surface area contributed by atoms with E-state index < -0.39 is 13.6 Å². The van der Waals surface area contributed by atoms with Crippen molar-refractivity contribution in [1.82, 2.24) is 0 Å². The van der Waals surface area contributed by atoms with Gasteiger partial charge in [-0.1, -0.05) is 0 Å². The van der Waals surface area contributed by atoms with Gasteiger partial charge in [-0.05, 0) is 0 Å². The standard InChI is InChI=1S/C4H9O.Cr.3O/c1-2-3-4-5;;;;/h2-4H2,1H3;;;;/q-1;+1;;;-1. The zero-order chi connectivity index (χ0) is 7.33. The van der Waals surface area contributed by atoms with Crippen LogP contribution in [-0.4, -0.2) is 6.61 Å². The molecule has 0 rings (SSSR count). The second-order valence-corrected chi connectivity index (χ2v) is 3.23. The van der Waals surface area contributed by atoms with Crippen LogP contribution in [0.4, 0.5) is 0 Å². The van der Waals surface area contributed by atoms with Crippen LogP contribution in [-0.2, 0) is 25.0 Å². The van der Waals surface area contributed by atoms with E-state index in [9.17, 15) is 11.8 Å². The summed E-state index contributed by atoms with van der Waals surface area (Å²) in [5.41, 5.74) is 0. The van der Waals surface area contributed by atoms with E-state index in [1.807, 2.05) is 6.92 Å². The molecule has 0 fully saturated rings. The molecule has 0 heterocycles. The molecule has 0 radical (unpaired) electrons. The van der Waals surface area contributed by atoms with Gasteiger partial charge in [-0.15, -0.1) is 0 Å². The SMILES string of the molecule is CCCC[O][Cr](=[O])(=[O])[O-]. The third-order valence-corrected chi connectivity index (χ3v) is 1.44. The monoisotopic (exact) mass is 173 g/mol. The first-order valence-corrected chi connectivity index (χ1v) is 4.74. The molecule has 56 valence electrons. The zero-order valence-corrected chi connectivity index (χ0v) is 6.44. The topological polar surface area (TPSA) is 66.4 Å². The predicted octanol–water partition coefficient (Wildman–Crippen LogP) is -0.162. The number of unbranched alkanes of at least 4 members (excludes halogenated alkanes) is 1. The Bertz CT molecular complexity index is 148. The van der Waals surface area contributed by atoms with Crippen LogP contribution in [0.2, 0.25) is 0 Å². The average Bonchev–Trinajstić information content (AvgIpc) is 1.63. The Morgan fingerprint density at radius 1 is 1.56 bits per heavy atom. The third-order valence-electron chi connectivity index (χ3n) is 0.726. The number of rotatable bonds is 4. The van der Waals surface area contributed by atoms with Crippen LogP contribution in [0, 0.1) is 0 Å². The molecule has 0 saturated heterocycles. The zero-order valence-electron chi connectivity index (χ0n) is 5.16. The van der Waals surface area contributed by atoms with Crippen LogP contribution in [0.1, 0.15) is 19.8 Å². The van der Waals surface area contributed by atoms with Crippen molar-refractivity contribution in [2.45, 2.75) is 19.8 Å². The van der Waals surface area contributed by atoms with E-state index in [0.717, 1.165) is 6.42 Å². The summed E-state index contributed by atoms with van der Waals surface area (Å²) in [5, 5.41) is 0. The molecule has 0 bridgehead atoms. The average molecular weight is 173 g/mol. The van der Waals surface area contributed by atoms with Crippen LogP contribution >= 0.6 is 0 Å². The summed E-state index contributed by atoms with van der Waals surface area (Å²) in [7, 11) is 0. The summed E-state index contributed by atoms with van der Waals surface area (Å²) in [5.74, 6) is 0. The Morgan fingerprint density at radius 2 is 2.11 bits per heavy atom. The quantitative estimate of drug-likeness (QED) is 0.554. The van der Waals surface area contributed by atoms with Gasteiger partial charge in [0.15, 0.2) is 0 Å². The first-order chi connectivity index (χ1) is 4.06. The van der Waals surface area contributed by atoms with Crippen LogP contribution in [0.3, 0.4) is 0 Å². The fourth-order valence-electron chi connectivity index (χ4n) is 0.305. The molecule has 0 aliphatic carbocycles. The van der Waals surface area contributed by atoms with Crippen molar-refractivity contribution in [2.75, 3.05) is 6.61 Å². The second-order valence-electron chi connectivity index (χ2n) is 1.58. The van der Waals surface area contributed by atoms with Crippen LogP contribution in [0.15, 0.2) is 0 Å². The summed E-state index contributed by atoms with van der Waals surface area (Å²) in [6.07, 6.45) is 1.44. The van der Waals surface area contributed by atoms with Gasteiger partial charge in [-0.25, -0.2) is 0 Å². The van der Waals surface area contributed by atoms with Crippen molar-refractivity contribution in [3.05, 3.63) is 0 Å². The minimum atomic E-state index is -5.10. The van der Waals surface area contributed by atoms with Gasteiger partial charge in [0, 0.05) is 0 Å². The molecular weight excluding hydrogens is 164 g/mol. The molecule has 0 aromatic carbocycles. The molecular formula is C4H9CrO4-. The Kier molecular flexibility index (Phi) is 3.99. The van der Waals surface area contributed by atoms with Gasteiger partial charge in [0.1, 0.15) is 0 Å². The van der Waals surface area contributed by atoms with E-state index in [2.05, 4.69) is 3.79 Å². The van der Waals surface area contributed by atoms with E-state index >= 15 is 0 Å². The van der Waals surface area contributed by atoms with E-state index in [1.54, 1.807) is 0 Å². The van der Waals surface area contributed by atoms with Crippen LogP contribution in [0.25, 0.3) is 0 Å². The summed E-state index contributed by atoms with van der Waals surface area (Å²) >= 11 is -5.10. The molecule has 4 nitrogen and oxygen atoms in total. The van der Waals surface area contributed by atoms with Gasteiger partial charge in [0.2, 0.25) is 0 Å². The molecule has 0 amide bonds. The molecule has 0 atom stereocenters. The van der Waals surface area contributed by atoms with Crippen molar-refractivity contribution >= 4 is 0 Å². The fourth-order valence-corrected chi connectivity index (χ4v) is 0.808. The van der Waals surface area contributed by atoms with Crippen molar-refractivity contribution in [3.8, 4) is 0 Å². The summed E-state index contributed by atoms with van der Waals surface area (Å²) < 4.78 is 33.4. The van der Waals surface area contributed by atoms with Gasteiger partial charge in [-0.2, -0.15) is 0 Å². The first kappa shape index (κ1) is 9.05. The molecule has 0 aromatic heterocycles. The molecule has 0 unspecified atom stereocenters. The van der Waals surface area contributed by atoms with E-state index in [4.69, 9.17) is 0 Å². The minimum absolute atomic E-state index is 0.0347. The first-order valence-electron chi connectivity index (χ1n) is 2.66. The summed E-state index contributed by atoms with van der Waals surface area (Å²) in [6.45, 7) is 1.92. The molecule has 0 aliphatic rings. The molecule has 0 aromatic rings. The van der Waals surface area contributed by atoms with Crippen LogP contribution < -0.4 is 4.16 Å². The predicted molar refractivity (Wildman–Crippen MR) is 22.2 cm³/mol. The van der Waals surface area contributed by atoms with Crippen molar-refractivity contribution < 1.29 is 29.2 Å². The summed E-state index contributed by atoms with van der Waals surface area (Å²) in [4.78, 5) is 0. The fraction of sp³-hybridized carbons (Fsp3) is 1.00. The normalized spacial score (nSPS) is 11.8. The third kappa shape index (κ3) is 8.05. The molecule has 0 spiro atoms. The number of hydrogen-bond acceptors (Lipinski definition) is 4. The Balaban J connectivity index is 3.30. The van der Waals surface area contributed by atoms with Crippen LogP contribution in [0.5, 0.6) is 0 Å². The molecule has 0 N–H and O–H groups in total. The van der Waals surface area contributed by atoms with E-state index in [0.29, 0.717) is 6.42 Å². The Hall–Kier alpha value is 0.0525. The maximum absolute atomic E-state index is 9.80. The number of hydrogen-bond donors (Lipinski definition) is 0.